The Hall–Kier alpha value is -3.51. The van der Waals surface area contributed by atoms with Gasteiger partial charge in [0.05, 0.1) is 17.4 Å². The molecule has 0 aliphatic heterocycles. The Morgan fingerprint density at radius 2 is 1.91 bits per heavy atom. The lowest BCUT2D eigenvalue weighted by Crippen LogP contribution is -2.35. The molecule has 0 aliphatic carbocycles. The number of pyridine rings is 1. The van der Waals surface area contributed by atoms with Crippen LogP contribution < -0.4 is 15.6 Å². The smallest absolute Gasteiger partial charge is 0.410 e. The molecular formula is C21H22F5N5O3. The molecule has 0 aliphatic rings. The number of aromatic nitrogens is 4. The van der Waals surface area contributed by atoms with Gasteiger partial charge < -0.3 is 14.6 Å². The van der Waals surface area contributed by atoms with Crippen molar-refractivity contribution < 1.29 is 31.5 Å². The fourth-order valence-corrected chi connectivity index (χ4v) is 3.23. The van der Waals surface area contributed by atoms with Crippen molar-refractivity contribution in [1.82, 2.24) is 19.3 Å². The highest BCUT2D eigenvalue weighted by Gasteiger charge is 2.39. The molecule has 0 aromatic carbocycles. The second kappa shape index (κ2) is 9.03. The molecule has 3 heterocycles. The second-order valence-corrected chi connectivity index (χ2v) is 7.82. The van der Waals surface area contributed by atoms with Crippen LogP contribution in [0.1, 0.15) is 33.7 Å². The lowest BCUT2D eigenvalue weighted by atomic mass is 10.1. The molecule has 0 saturated heterocycles. The van der Waals surface area contributed by atoms with Crippen LogP contribution in [0.2, 0.25) is 0 Å². The largest absolute Gasteiger partial charge is 0.481 e. The Bertz CT molecular complexity index is 1280. The summed E-state index contributed by atoms with van der Waals surface area (Å²) in [7, 11) is 0. The van der Waals surface area contributed by atoms with Crippen molar-refractivity contribution in [3.05, 3.63) is 34.9 Å². The molecule has 0 radical (unpaired) electrons. The number of hydrogen-bond donors (Lipinski definition) is 1. The van der Waals surface area contributed by atoms with Gasteiger partial charge >= 0.3 is 11.7 Å². The third-order valence-corrected chi connectivity index (χ3v) is 4.91. The average molecular weight is 487 g/mol. The van der Waals surface area contributed by atoms with Crippen molar-refractivity contribution >= 4 is 22.6 Å². The first-order valence-electron chi connectivity index (χ1n) is 10.2. The molecule has 0 bridgehead atoms. The van der Waals surface area contributed by atoms with Crippen LogP contribution in [-0.2, 0) is 11.3 Å². The molecule has 0 fully saturated rings. The van der Waals surface area contributed by atoms with Gasteiger partial charge in [-0.25, -0.2) is 18.4 Å². The summed E-state index contributed by atoms with van der Waals surface area (Å²) in [6, 6.07) is 0.185. The van der Waals surface area contributed by atoms with Gasteiger partial charge in [-0.05, 0) is 19.9 Å². The molecule has 0 spiro atoms. The standard InChI is InChI=1S/C21H22F5N5O3/c1-5-30-9-14(13-6-18(28-12(3)32)27-8-16(13)30)15-7-17(34-10-20(4,22)23)19(33)31(29-15)11(2)21(24,25)26/h6-9,11H,5,10H2,1-4H3,(H,27,28,32)/t11-/m0/s1. The summed E-state index contributed by atoms with van der Waals surface area (Å²) in [5.74, 6) is -4.22. The predicted octanol–water partition coefficient (Wildman–Crippen LogP) is 4.40. The number of hydrogen-bond acceptors (Lipinski definition) is 5. The van der Waals surface area contributed by atoms with Gasteiger partial charge in [0.1, 0.15) is 11.9 Å². The minimum atomic E-state index is -4.83. The summed E-state index contributed by atoms with van der Waals surface area (Å²) < 4.78 is 73.8. The summed E-state index contributed by atoms with van der Waals surface area (Å²) in [5, 5.41) is 6.88. The highest BCUT2D eigenvalue weighted by Crippen LogP contribution is 2.34. The average Bonchev–Trinajstić information content (AvgIpc) is 3.08. The van der Waals surface area contributed by atoms with Crippen molar-refractivity contribution in [3.63, 3.8) is 0 Å². The summed E-state index contributed by atoms with van der Waals surface area (Å²) in [6.45, 7) is 3.64. The monoisotopic (exact) mass is 487 g/mol. The number of anilines is 1. The minimum Gasteiger partial charge on any atom is -0.481 e. The number of carbonyl (C=O) groups is 1. The van der Waals surface area contributed by atoms with E-state index in [4.69, 9.17) is 4.74 Å². The SMILES string of the molecule is CCn1cc(-c2cc(OCC(C)(F)F)c(=O)n([C@@H](C)C(F)(F)F)n2)c2cc(NC(C)=O)ncc21. The number of halogens is 5. The Morgan fingerprint density at radius 1 is 1.24 bits per heavy atom. The van der Waals surface area contributed by atoms with E-state index in [9.17, 15) is 31.5 Å². The summed E-state index contributed by atoms with van der Waals surface area (Å²) in [6.07, 6.45) is -1.78. The van der Waals surface area contributed by atoms with E-state index in [2.05, 4.69) is 15.4 Å². The number of amides is 1. The third kappa shape index (κ3) is 5.34. The van der Waals surface area contributed by atoms with E-state index < -0.39 is 36.1 Å². The molecule has 0 unspecified atom stereocenters. The van der Waals surface area contributed by atoms with Crippen molar-refractivity contribution in [1.29, 1.82) is 0 Å². The number of fused-ring (bicyclic) bond motifs is 1. The Balaban J connectivity index is 2.27. The van der Waals surface area contributed by atoms with Crippen molar-refractivity contribution in [2.24, 2.45) is 0 Å². The molecule has 3 aromatic rings. The zero-order valence-corrected chi connectivity index (χ0v) is 18.7. The molecule has 34 heavy (non-hydrogen) atoms. The van der Waals surface area contributed by atoms with E-state index in [0.29, 0.717) is 29.9 Å². The van der Waals surface area contributed by atoms with Gasteiger partial charge in [0.25, 0.3) is 5.92 Å². The van der Waals surface area contributed by atoms with Crippen LogP contribution in [0, 0.1) is 0 Å². The van der Waals surface area contributed by atoms with Crippen LogP contribution in [0.15, 0.2) is 29.3 Å². The zero-order chi connectivity index (χ0) is 25.4. The number of aryl methyl sites for hydroxylation is 1. The Morgan fingerprint density at radius 3 is 2.47 bits per heavy atom. The van der Waals surface area contributed by atoms with Crippen molar-refractivity contribution in [2.75, 3.05) is 11.9 Å². The first-order valence-corrected chi connectivity index (χ1v) is 10.2. The lowest BCUT2D eigenvalue weighted by Gasteiger charge is -2.19. The van der Waals surface area contributed by atoms with Gasteiger partial charge in [0.15, 0.2) is 12.4 Å². The number of alkyl halides is 5. The van der Waals surface area contributed by atoms with E-state index in [1.54, 1.807) is 10.8 Å². The second-order valence-electron chi connectivity index (χ2n) is 7.82. The molecule has 1 amide bonds. The summed E-state index contributed by atoms with van der Waals surface area (Å²) >= 11 is 0. The zero-order valence-electron chi connectivity index (χ0n) is 18.7. The van der Waals surface area contributed by atoms with Crippen molar-refractivity contribution in [2.45, 2.75) is 52.4 Å². The number of nitrogens with zero attached hydrogens (tertiary/aromatic N) is 4. The van der Waals surface area contributed by atoms with Crippen LogP contribution in [0.5, 0.6) is 5.75 Å². The fraction of sp³-hybridized carbons (Fsp3) is 0.429. The van der Waals surface area contributed by atoms with Gasteiger partial charge in [-0.1, -0.05) is 0 Å². The first kappa shape index (κ1) is 25.1. The molecule has 3 aromatic heterocycles. The number of nitrogens with one attached hydrogen (secondary N) is 1. The third-order valence-electron chi connectivity index (χ3n) is 4.91. The van der Waals surface area contributed by atoms with Gasteiger partial charge in [-0.15, -0.1) is 0 Å². The van der Waals surface area contributed by atoms with Gasteiger partial charge in [-0.3, -0.25) is 9.59 Å². The number of carbonyl (C=O) groups excluding carboxylic acids is 1. The summed E-state index contributed by atoms with van der Waals surface area (Å²) in [4.78, 5) is 28.2. The minimum absolute atomic E-state index is 0.109. The number of ether oxygens (including phenoxy) is 1. The van der Waals surface area contributed by atoms with E-state index in [1.165, 1.54) is 19.2 Å². The molecule has 0 saturated carbocycles. The molecule has 3 rings (SSSR count). The van der Waals surface area contributed by atoms with E-state index >= 15 is 0 Å². The van der Waals surface area contributed by atoms with Gasteiger partial charge in [0.2, 0.25) is 5.91 Å². The van der Waals surface area contributed by atoms with Crippen LogP contribution in [0.3, 0.4) is 0 Å². The lowest BCUT2D eigenvalue weighted by molar-refractivity contribution is -0.166. The highest BCUT2D eigenvalue weighted by atomic mass is 19.4. The Kier molecular flexibility index (Phi) is 6.67. The topological polar surface area (TPSA) is 91.0 Å². The van der Waals surface area contributed by atoms with Crippen LogP contribution in [0.4, 0.5) is 27.8 Å². The predicted molar refractivity (Wildman–Crippen MR) is 114 cm³/mol. The van der Waals surface area contributed by atoms with Crippen LogP contribution >= 0.6 is 0 Å². The molecule has 13 heteroatoms. The molecule has 184 valence electrons. The van der Waals surface area contributed by atoms with E-state index in [1.807, 2.05) is 6.92 Å². The van der Waals surface area contributed by atoms with Gasteiger partial charge in [0, 0.05) is 43.6 Å². The van der Waals surface area contributed by atoms with Crippen molar-refractivity contribution in [3.8, 4) is 17.0 Å². The molecular weight excluding hydrogens is 465 g/mol. The fourth-order valence-electron chi connectivity index (χ4n) is 3.23. The van der Waals surface area contributed by atoms with Gasteiger partial charge in [-0.2, -0.15) is 18.3 Å². The molecule has 1 N–H and O–H groups in total. The Labute approximate surface area is 190 Å². The molecule has 8 nitrogen and oxygen atoms in total. The van der Waals surface area contributed by atoms with Crippen LogP contribution in [0.25, 0.3) is 22.2 Å². The maximum Gasteiger partial charge on any atom is 0.410 e. The van der Waals surface area contributed by atoms with E-state index in [0.717, 1.165) is 13.0 Å². The summed E-state index contributed by atoms with van der Waals surface area (Å²) in [5.41, 5.74) is -0.528. The maximum atomic E-state index is 13.4. The maximum absolute atomic E-state index is 13.4. The van der Waals surface area contributed by atoms with Crippen LogP contribution in [-0.4, -0.2) is 43.9 Å². The first-order chi connectivity index (χ1) is 15.7. The quantitative estimate of drug-likeness (QED) is 0.499. The number of rotatable bonds is 7. The van der Waals surface area contributed by atoms with E-state index in [-0.39, 0.29) is 22.1 Å². The molecule has 1 atom stereocenters. The normalized spacial score (nSPS) is 13.2. The highest BCUT2D eigenvalue weighted by molar-refractivity contribution is 5.98.